The Bertz CT molecular complexity index is 519. The molecule has 0 aliphatic carbocycles. The second kappa shape index (κ2) is 6.28. The number of carbonyl (C=O) groups excluding carboxylic acids is 1. The molecule has 0 unspecified atom stereocenters. The first-order valence-corrected chi connectivity index (χ1v) is 6.65. The van der Waals surface area contributed by atoms with Gasteiger partial charge >= 0.3 is 11.9 Å². The van der Waals surface area contributed by atoms with Crippen molar-refractivity contribution in [2.45, 2.75) is 11.1 Å². The lowest BCUT2D eigenvalue weighted by molar-refractivity contribution is -0.133. The summed E-state index contributed by atoms with van der Waals surface area (Å²) < 4.78 is 5.22. The summed E-state index contributed by atoms with van der Waals surface area (Å²) in [5.41, 5.74) is 5.86. The van der Waals surface area contributed by atoms with Crippen molar-refractivity contribution < 1.29 is 19.4 Å². The molecule has 0 saturated carbocycles. The van der Waals surface area contributed by atoms with E-state index in [9.17, 15) is 9.59 Å². The van der Waals surface area contributed by atoms with Crippen LogP contribution in [0.15, 0.2) is 4.21 Å². The fourth-order valence-corrected chi connectivity index (χ4v) is 3.12. The van der Waals surface area contributed by atoms with Gasteiger partial charge in [0.2, 0.25) is 0 Å². The second-order valence-corrected chi connectivity index (χ2v) is 5.29. The second-order valence-electron chi connectivity index (χ2n) is 3.02. The molecule has 1 rings (SSSR count). The predicted molar refractivity (Wildman–Crippen MR) is 67.8 cm³/mol. The lowest BCUT2D eigenvalue weighted by Crippen LogP contribution is -2.05. The fraction of sp³-hybridized carbons (Fsp3) is 0.300. The van der Waals surface area contributed by atoms with Gasteiger partial charge in [0, 0.05) is 0 Å². The van der Waals surface area contributed by atoms with Gasteiger partial charge in [0.05, 0.1) is 22.3 Å². The minimum absolute atomic E-state index is 0.0499. The van der Waals surface area contributed by atoms with Crippen molar-refractivity contribution >= 4 is 40.7 Å². The Morgan fingerprint density at radius 1 is 1.61 bits per heavy atom. The van der Waals surface area contributed by atoms with Crippen LogP contribution < -0.4 is 5.73 Å². The highest BCUT2D eigenvalue weighted by molar-refractivity contribution is 8.01. The number of anilines is 1. The monoisotopic (exact) mass is 286 g/mol. The van der Waals surface area contributed by atoms with Gasteiger partial charge in [-0.05, 0) is 6.92 Å². The van der Waals surface area contributed by atoms with Crippen LogP contribution in [-0.2, 0) is 9.53 Å². The molecular weight excluding hydrogens is 276 g/mol. The van der Waals surface area contributed by atoms with Crippen LogP contribution in [0.25, 0.3) is 0 Å². The average Bonchev–Trinajstić information content (AvgIpc) is 2.63. The highest BCUT2D eigenvalue weighted by Gasteiger charge is 2.22. The number of thiophene rings is 1. The van der Waals surface area contributed by atoms with Crippen LogP contribution in [0.1, 0.15) is 22.2 Å². The number of rotatable bonds is 5. The standard InChI is InChI=1S/C10H10N2O4S2/c1-2-16-9(15)8-7(12)5(3-11)10(18-8)17-4-6(13)14/h2,4,12H2,1H3,(H,13,14). The summed E-state index contributed by atoms with van der Waals surface area (Å²) >= 11 is 1.94. The first-order chi connectivity index (χ1) is 8.51. The topological polar surface area (TPSA) is 113 Å². The molecule has 0 fully saturated rings. The number of carboxylic acids is 1. The van der Waals surface area contributed by atoms with Crippen LogP contribution in [0, 0.1) is 11.3 Å². The van der Waals surface area contributed by atoms with E-state index in [-0.39, 0.29) is 28.5 Å². The van der Waals surface area contributed by atoms with E-state index in [0.717, 1.165) is 23.1 Å². The Hall–Kier alpha value is -1.72. The van der Waals surface area contributed by atoms with Crippen molar-refractivity contribution in [1.82, 2.24) is 0 Å². The molecule has 8 heteroatoms. The first kappa shape index (κ1) is 14.3. The lowest BCUT2D eigenvalue weighted by atomic mass is 10.3. The molecule has 1 heterocycles. The van der Waals surface area contributed by atoms with E-state index >= 15 is 0 Å². The zero-order chi connectivity index (χ0) is 13.7. The third-order valence-electron chi connectivity index (χ3n) is 1.81. The molecule has 96 valence electrons. The number of aliphatic carboxylic acids is 1. The normalized spacial score (nSPS) is 9.78. The van der Waals surface area contributed by atoms with Gasteiger partial charge in [0.1, 0.15) is 16.5 Å². The number of nitrogens with zero attached hydrogens (tertiary/aromatic N) is 1. The number of carboxylic acid groups (broad SMARTS) is 1. The number of thioether (sulfide) groups is 1. The number of nitrogen functional groups attached to an aromatic ring is 1. The third-order valence-corrected chi connectivity index (χ3v) is 4.25. The molecule has 0 aliphatic heterocycles. The molecule has 0 aromatic carbocycles. The molecule has 0 radical (unpaired) electrons. The summed E-state index contributed by atoms with van der Waals surface area (Å²) in [6.45, 7) is 1.86. The van der Waals surface area contributed by atoms with Crippen LogP contribution in [-0.4, -0.2) is 29.4 Å². The number of nitriles is 1. The quantitative estimate of drug-likeness (QED) is 0.623. The molecule has 6 nitrogen and oxygen atoms in total. The van der Waals surface area contributed by atoms with E-state index in [0.29, 0.717) is 4.21 Å². The molecule has 3 N–H and O–H groups in total. The number of carbonyl (C=O) groups is 2. The summed E-state index contributed by atoms with van der Waals surface area (Å²) in [6.07, 6.45) is 0. The van der Waals surface area contributed by atoms with E-state index in [1.807, 2.05) is 6.07 Å². The van der Waals surface area contributed by atoms with Gasteiger partial charge in [-0.15, -0.1) is 23.1 Å². The summed E-state index contributed by atoms with van der Waals surface area (Å²) in [7, 11) is 0. The minimum Gasteiger partial charge on any atom is -0.481 e. The zero-order valence-electron chi connectivity index (χ0n) is 9.43. The van der Waals surface area contributed by atoms with Crippen molar-refractivity contribution in [2.24, 2.45) is 0 Å². The van der Waals surface area contributed by atoms with Gasteiger partial charge in [0.25, 0.3) is 0 Å². The maximum absolute atomic E-state index is 11.6. The van der Waals surface area contributed by atoms with Crippen molar-refractivity contribution in [3.05, 3.63) is 10.4 Å². The molecule has 0 atom stereocenters. The maximum Gasteiger partial charge on any atom is 0.350 e. The highest BCUT2D eigenvalue weighted by atomic mass is 32.2. The molecule has 1 aromatic rings. The van der Waals surface area contributed by atoms with E-state index < -0.39 is 11.9 Å². The summed E-state index contributed by atoms with van der Waals surface area (Å²) in [6, 6.07) is 1.87. The van der Waals surface area contributed by atoms with Crippen LogP contribution >= 0.6 is 23.1 Å². The number of hydrogen-bond acceptors (Lipinski definition) is 7. The van der Waals surface area contributed by atoms with Crippen LogP contribution in [0.3, 0.4) is 0 Å². The molecular formula is C10H10N2O4S2. The van der Waals surface area contributed by atoms with Crippen molar-refractivity contribution in [3.8, 4) is 6.07 Å². The van der Waals surface area contributed by atoms with Gasteiger partial charge in [-0.1, -0.05) is 0 Å². The third kappa shape index (κ3) is 3.15. The van der Waals surface area contributed by atoms with Crippen molar-refractivity contribution in [3.63, 3.8) is 0 Å². The molecule has 0 spiro atoms. The Kier molecular flexibility index (Phi) is 5.00. The molecule has 18 heavy (non-hydrogen) atoms. The molecule has 0 bridgehead atoms. The number of hydrogen-bond donors (Lipinski definition) is 2. The maximum atomic E-state index is 11.6. The van der Waals surface area contributed by atoms with Crippen molar-refractivity contribution in [2.75, 3.05) is 18.1 Å². The van der Waals surface area contributed by atoms with Gasteiger partial charge in [-0.3, -0.25) is 4.79 Å². The molecule has 1 aromatic heterocycles. The van der Waals surface area contributed by atoms with Crippen LogP contribution in [0.2, 0.25) is 0 Å². The Labute approximate surface area is 111 Å². The summed E-state index contributed by atoms with van der Waals surface area (Å²) in [5, 5.41) is 17.5. The molecule has 0 amide bonds. The average molecular weight is 286 g/mol. The fourth-order valence-electron chi connectivity index (χ4n) is 1.11. The summed E-state index contributed by atoms with van der Waals surface area (Å²) in [4.78, 5) is 22.2. The number of nitrogens with two attached hydrogens (primary N) is 1. The van der Waals surface area contributed by atoms with E-state index in [4.69, 9.17) is 20.8 Å². The van der Waals surface area contributed by atoms with Crippen LogP contribution in [0.4, 0.5) is 5.69 Å². The summed E-state index contributed by atoms with van der Waals surface area (Å²) in [5.74, 6) is -1.80. The van der Waals surface area contributed by atoms with Gasteiger partial charge in [0.15, 0.2) is 0 Å². The predicted octanol–water partition coefficient (Wildman–Crippen LogP) is 1.56. The Morgan fingerprint density at radius 3 is 2.78 bits per heavy atom. The van der Waals surface area contributed by atoms with Gasteiger partial charge in [-0.2, -0.15) is 5.26 Å². The van der Waals surface area contributed by atoms with Gasteiger partial charge < -0.3 is 15.6 Å². The van der Waals surface area contributed by atoms with E-state index in [1.165, 1.54) is 0 Å². The zero-order valence-corrected chi connectivity index (χ0v) is 11.1. The minimum atomic E-state index is -1.01. The Morgan fingerprint density at radius 2 is 2.28 bits per heavy atom. The van der Waals surface area contributed by atoms with E-state index in [1.54, 1.807) is 6.92 Å². The van der Waals surface area contributed by atoms with Crippen molar-refractivity contribution in [1.29, 1.82) is 5.26 Å². The number of esters is 1. The molecule has 0 aliphatic rings. The largest absolute Gasteiger partial charge is 0.481 e. The lowest BCUT2D eigenvalue weighted by Gasteiger charge is -1.98. The van der Waals surface area contributed by atoms with Crippen LogP contribution in [0.5, 0.6) is 0 Å². The Balaban J connectivity index is 3.06. The molecule has 0 saturated heterocycles. The smallest absolute Gasteiger partial charge is 0.350 e. The number of ether oxygens (including phenoxy) is 1. The van der Waals surface area contributed by atoms with Gasteiger partial charge in [-0.25, -0.2) is 4.79 Å². The van der Waals surface area contributed by atoms with E-state index in [2.05, 4.69) is 0 Å². The first-order valence-electron chi connectivity index (χ1n) is 4.85. The highest BCUT2D eigenvalue weighted by Crippen LogP contribution is 2.38. The SMILES string of the molecule is CCOC(=O)c1sc(SCC(=O)O)c(C#N)c1N.